The predicted octanol–water partition coefficient (Wildman–Crippen LogP) is 4.78. The van der Waals surface area contributed by atoms with Gasteiger partial charge in [-0.15, -0.1) is 0 Å². The third-order valence-corrected chi connectivity index (χ3v) is 5.29. The summed E-state index contributed by atoms with van der Waals surface area (Å²) in [4.78, 5) is 24.9. The number of rotatable bonds is 5. The van der Waals surface area contributed by atoms with Crippen LogP contribution in [0.3, 0.4) is 0 Å². The highest BCUT2D eigenvalue weighted by molar-refractivity contribution is 6.30. The quantitative estimate of drug-likeness (QED) is 0.748. The number of halogens is 2. The first-order chi connectivity index (χ1) is 12.9. The maximum absolute atomic E-state index is 13.6. The van der Waals surface area contributed by atoms with Crippen LogP contribution in [0.4, 0.5) is 10.1 Å². The van der Waals surface area contributed by atoms with Gasteiger partial charge in [0, 0.05) is 10.7 Å². The van der Waals surface area contributed by atoms with Crippen molar-refractivity contribution >= 4 is 29.2 Å². The molecule has 0 aliphatic heterocycles. The third kappa shape index (κ3) is 4.30. The van der Waals surface area contributed by atoms with Crippen molar-refractivity contribution in [3.8, 4) is 0 Å². The van der Waals surface area contributed by atoms with Crippen LogP contribution in [0.25, 0.3) is 0 Å². The van der Waals surface area contributed by atoms with Crippen molar-refractivity contribution in [2.75, 3.05) is 11.9 Å². The number of carbonyl (C=O) groups excluding carboxylic acids is 2. The average Bonchev–Trinajstić information content (AvgIpc) is 3.14. The summed E-state index contributed by atoms with van der Waals surface area (Å²) in [7, 11) is 0. The third-order valence-electron chi connectivity index (χ3n) is 5.03. The first-order valence-electron chi connectivity index (χ1n) is 8.90. The molecule has 0 radical (unpaired) electrons. The van der Waals surface area contributed by atoms with Crippen molar-refractivity contribution in [2.24, 2.45) is 0 Å². The minimum Gasteiger partial charge on any atom is -0.455 e. The Kier molecular flexibility index (Phi) is 5.80. The van der Waals surface area contributed by atoms with Gasteiger partial charge >= 0.3 is 5.97 Å². The SMILES string of the molecule is Cc1ccc(NC(=O)COC(=O)C2(c3ccc(Cl)cc3)CCCC2)cc1F. The highest BCUT2D eigenvalue weighted by Gasteiger charge is 2.44. The fourth-order valence-corrected chi connectivity index (χ4v) is 3.62. The second-order valence-corrected chi connectivity index (χ2v) is 7.32. The fourth-order valence-electron chi connectivity index (χ4n) is 3.50. The van der Waals surface area contributed by atoms with E-state index in [-0.39, 0.29) is 0 Å². The Labute approximate surface area is 162 Å². The molecule has 0 heterocycles. The Morgan fingerprint density at radius 2 is 1.81 bits per heavy atom. The second kappa shape index (κ2) is 8.09. The lowest BCUT2D eigenvalue weighted by molar-refractivity contribution is -0.153. The van der Waals surface area contributed by atoms with E-state index >= 15 is 0 Å². The van der Waals surface area contributed by atoms with E-state index in [1.807, 2.05) is 12.1 Å². The van der Waals surface area contributed by atoms with Crippen LogP contribution >= 0.6 is 11.6 Å². The van der Waals surface area contributed by atoms with Crippen molar-refractivity contribution in [3.63, 3.8) is 0 Å². The predicted molar refractivity (Wildman–Crippen MR) is 102 cm³/mol. The number of carbonyl (C=O) groups is 2. The number of nitrogens with one attached hydrogen (secondary N) is 1. The van der Waals surface area contributed by atoms with Crippen LogP contribution < -0.4 is 5.32 Å². The number of aryl methyl sites for hydroxylation is 1. The van der Waals surface area contributed by atoms with Gasteiger partial charge in [0.1, 0.15) is 5.82 Å². The number of hydrogen-bond acceptors (Lipinski definition) is 3. The van der Waals surface area contributed by atoms with Crippen molar-refractivity contribution in [2.45, 2.75) is 38.0 Å². The molecule has 1 saturated carbocycles. The Morgan fingerprint density at radius 3 is 2.44 bits per heavy atom. The van der Waals surface area contributed by atoms with E-state index in [0.29, 0.717) is 29.1 Å². The molecule has 27 heavy (non-hydrogen) atoms. The van der Waals surface area contributed by atoms with E-state index in [0.717, 1.165) is 18.4 Å². The zero-order chi connectivity index (χ0) is 19.4. The lowest BCUT2D eigenvalue weighted by atomic mass is 9.79. The summed E-state index contributed by atoms with van der Waals surface area (Å²) in [5, 5.41) is 3.14. The monoisotopic (exact) mass is 389 g/mol. The second-order valence-electron chi connectivity index (χ2n) is 6.88. The summed E-state index contributed by atoms with van der Waals surface area (Å²) in [5.41, 5.74) is 0.939. The number of amides is 1. The first kappa shape index (κ1) is 19.4. The van der Waals surface area contributed by atoms with E-state index in [1.54, 1.807) is 31.2 Å². The van der Waals surface area contributed by atoms with Gasteiger partial charge in [0.25, 0.3) is 5.91 Å². The first-order valence-corrected chi connectivity index (χ1v) is 9.28. The number of esters is 1. The van der Waals surface area contributed by atoms with Crippen LogP contribution in [0.2, 0.25) is 5.02 Å². The summed E-state index contributed by atoms with van der Waals surface area (Å²) in [6.45, 7) is 1.23. The Balaban J connectivity index is 1.65. The fraction of sp³-hybridized carbons (Fsp3) is 0.333. The molecule has 142 valence electrons. The van der Waals surface area contributed by atoms with Crippen molar-refractivity contribution in [1.82, 2.24) is 0 Å². The van der Waals surface area contributed by atoms with Crippen LogP contribution in [0.5, 0.6) is 0 Å². The van der Waals surface area contributed by atoms with Crippen molar-refractivity contribution < 1.29 is 18.7 Å². The molecule has 3 rings (SSSR count). The topological polar surface area (TPSA) is 55.4 Å². The number of hydrogen-bond donors (Lipinski definition) is 1. The zero-order valence-electron chi connectivity index (χ0n) is 15.1. The van der Waals surface area contributed by atoms with Crippen LogP contribution in [-0.4, -0.2) is 18.5 Å². The highest BCUT2D eigenvalue weighted by atomic mass is 35.5. The standard InChI is InChI=1S/C21H21ClFNO3/c1-14-4-9-17(12-18(14)23)24-19(25)13-27-20(26)21(10-2-3-11-21)15-5-7-16(22)8-6-15/h4-9,12H,2-3,10-11,13H2,1H3,(H,24,25). The van der Waals surface area contributed by atoms with E-state index < -0.39 is 29.7 Å². The molecule has 2 aromatic rings. The van der Waals surface area contributed by atoms with E-state index in [1.165, 1.54) is 6.07 Å². The maximum Gasteiger partial charge on any atom is 0.317 e. The molecule has 1 amide bonds. The molecule has 0 atom stereocenters. The van der Waals surface area contributed by atoms with Crippen molar-refractivity contribution in [1.29, 1.82) is 0 Å². The van der Waals surface area contributed by atoms with E-state index in [2.05, 4.69) is 5.32 Å². The van der Waals surface area contributed by atoms with Crippen molar-refractivity contribution in [3.05, 3.63) is 64.4 Å². The molecule has 2 aromatic carbocycles. The van der Waals surface area contributed by atoms with E-state index in [4.69, 9.17) is 16.3 Å². The van der Waals surface area contributed by atoms with Gasteiger partial charge in [0.05, 0.1) is 5.41 Å². The lowest BCUT2D eigenvalue weighted by Crippen LogP contribution is -2.36. The molecule has 1 fully saturated rings. The normalized spacial score (nSPS) is 15.4. The molecule has 0 saturated heterocycles. The Hall–Kier alpha value is -2.40. The van der Waals surface area contributed by atoms with Gasteiger partial charge in [-0.05, 0) is 55.2 Å². The summed E-state index contributed by atoms with van der Waals surface area (Å²) in [5.74, 6) is -1.32. The Bertz CT molecular complexity index is 845. The summed E-state index contributed by atoms with van der Waals surface area (Å²) in [6, 6.07) is 11.6. The van der Waals surface area contributed by atoms with E-state index in [9.17, 15) is 14.0 Å². The maximum atomic E-state index is 13.6. The molecule has 0 bridgehead atoms. The molecule has 0 aromatic heterocycles. The van der Waals surface area contributed by atoms with Gasteiger partial charge in [-0.2, -0.15) is 0 Å². The number of benzene rings is 2. The van der Waals surface area contributed by atoms with Crippen LogP contribution in [0.15, 0.2) is 42.5 Å². The number of ether oxygens (including phenoxy) is 1. The summed E-state index contributed by atoms with van der Waals surface area (Å²) in [6.07, 6.45) is 3.20. The minimum atomic E-state index is -0.735. The van der Waals surface area contributed by atoms with Crippen LogP contribution in [0.1, 0.15) is 36.8 Å². The lowest BCUT2D eigenvalue weighted by Gasteiger charge is -2.27. The summed E-state index contributed by atoms with van der Waals surface area (Å²) < 4.78 is 18.9. The van der Waals surface area contributed by atoms with Crippen LogP contribution in [-0.2, 0) is 19.7 Å². The zero-order valence-corrected chi connectivity index (χ0v) is 15.8. The molecule has 1 aliphatic carbocycles. The smallest absolute Gasteiger partial charge is 0.317 e. The Morgan fingerprint density at radius 1 is 1.15 bits per heavy atom. The summed E-state index contributed by atoms with van der Waals surface area (Å²) >= 11 is 5.95. The molecule has 0 unspecified atom stereocenters. The molecule has 1 N–H and O–H groups in total. The minimum absolute atomic E-state index is 0.326. The molecule has 4 nitrogen and oxygen atoms in total. The van der Waals surface area contributed by atoms with Gasteiger partial charge in [0.2, 0.25) is 0 Å². The molecular formula is C21H21ClFNO3. The number of anilines is 1. The van der Waals surface area contributed by atoms with Gasteiger partial charge in [-0.25, -0.2) is 4.39 Å². The molecular weight excluding hydrogens is 369 g/mol. The van der Waals surface area contributed by atoms with Gasteiger partial charge in [-0.3, -0.25) is 9.59 Å². The highest BCUT2D eigenvalue weighted by Crippen LogP contribution is 2.42. The average molecular weight is 390 g/mol. The molecule has 0 spiro atoms. The van der Waals surface area contributed by atoms with Crippen LogP contribution in [0, 0.1) is 12.7 Å². The molecule has 6 heteroatoms. The van der Waals surface area contributed by atoms with Gasteiger partial charge < -0.3 is 10.1 Å². The largest absolute Gasteiger partial charge is 0.455 e. The van der Waals surface area contributed by atoms with Gasteiger partial charge in [0.15, 0.2) is 6.61 Å². The van der Waals surface area contributed by atoms with Gasteiger partial charge in [-0.1, -0.05) is 42.6 Å². The molecule has 1 aliphatic rings.